The van der Waals surface area contributed by atoms with Gasteiger partial charge in [0, 0.05) is 17.3 Å². The van der Waals surface area contributed by atoms with E-state index in [1.807, 2.05) is 49.4 Å². The highest BCUT2D eigenvalue weighted by molar-refractivity contribution is 7.21. The Bertz CT molecular complexity index is 1360. The SMILES string of the molecule is C[C@@]1(C#N)COCc2ccc(C(=O)NCc3cc4nc(-c5ccccc5)sc4cn3)cc21. The van der Waals surface area contributed by atoms with E-state index in [0.717, 1.165) is 37.6 Å². The molecule has 7 heteroatoms. The van der Waals surface area contributed by atoms with Crippen molar-refractivity contribution >= 4 is 27.5 Å². The number of hydrogen-bond donors (Lipinski definition) is 1. The van der Waals surface area contributed by atoms with Gasteiger partial charge in [-0.1, -0.05) is 36.4 Å². The zero-order valence-corrected chi connectivity index (χ0v) is 18.3. The first-order valence-electron chi connectivity index (χ1n) is 10.3. The topological polar surface area (TPSA) is 87.9 Å². The minimum Gasteiger partial charge on any atom is -0.375 e. The molecule has 0 bridgehead atoms. The van der Waals surface area contributed by atoms with E-state index in [9.17, 15) is 10.1 Å². The molecular formula is C25H20N4O2S. The van der Waals surface area contributed by atoms with E-state index < -0.39 is 5.41 Å². The predicted octanol–water partition coefficient (Wildman–Crippen LogP) is 4.60. The number of aromatic nitrogens is 2. The summed E-state index contributed by atoms with van der Waals surface area (Å²) in [4.78, 5) is 22.0. The van der Waals surface area contributed by atoms with Crippen molar-refractivity contribution in [3.63, 3.8) is 0 Å². The van der Waals surface area contributed by atoms with Gasteiger partial charge in [0.1, 0.15) is 10.4 Å². The Labute approximate surface area is 189 Å². The molecule has 1 amide bonds. The second-order valence-electron chi connectivity index (χ2n) is 8.02. The predicted molar refractivity (Wildman–Crippen MR) is 123 cm³/mol. The lowest BCUT2D eigenvalue weighted by molar-refractivity contribution is 0.0757. The third-order valence-corrected chi connectivity index (χ3v) is 6.70. The standard InChI is InChI=1S/C25H20N4O2S/c1-25(14-26)15-31-13-18-8-7-17(9-20(18)25)23(30)28-11-19-10-21-22(12-27-19)32-24(29-21)16-5-3-2-4-6-16/h2-10,12H,11,13,15H2,1H3,(H,28,30)/t25-/m1/s1. The molecule has 3 heterocycles. The first kappa shape index (κ1) is 20.3. The Morgan fingerprint density at radius 3 is 2.91 bits per heavy atom. The van der Waals surface area contributed by atoms with Crippen LogP contribution in [0.15, 0.2) is 60.8 Å². The Kier molecular flexibility index (Phi) is 5.17. The minimum atomic E-state index is -0.752. The van der Waals surface area contributed by atoms with Crippen molar-refractivity contribution in [2.45, 2.75) is 25.5 Å². The number of rotatable bonds is 4. The fraction of sp³-hybridized carbons (Fsp3) is 0.200. The van der Waals surface area contributed by atoms with Crippen LogP contribution in [0, 0.1) is 11.3 Å². The lowest BCUT2D eigenvalue weighted by atomic mass is 9.79. The number of ether oxygens (including phenoxy) is 1. The maximum atomic E-state index is 12.8. The van der Waals surface area contributed by atoms with Crippen LogP contribution in [0.2, 0.25) is 0 Å². The van der Waals surface area contributed by atoms with Gasteiger partial charge in [-0.2, -0.15) is 5.26 Å². The summed E-state index contributed by atoms with van der Waals surface area (Å²) < 4.78 is 6.54. The minimum absolute atomic E-state index is 0.204. The van der Waals surface area contributed by atoms with Crippen molar-refractivity contribution in [1.29, 1.82) is 5.26 Å². The summed E-state index contributed by atoms with van der Waals surface area (Å²) in [5.74, 6) is -0.204. The molecule has 0 saturated heterocycles. The molecule has 6 nitrogen and oxygen atoms in total. The normalized spacial score (nSPS) is 17.5. The van der Waals surface area contributed by atoms with Gasteiger partial charge in [0.15, 0.2) is 0 Å². The molecule has 0 saturated carbocycles. The molecule has 0 spiro atoms. The molecule has 1 aliphatic heterocycles. The van der Waals surface area contributed by atoms with Crippen LogP contribution >= 0.6 is 11.3 Å². The van der Waals surface area contributed by atoms with Gasteiger partial charge in [0.2, 0.25) is 0 Å². The second kappa shape index (κ2) is 8.15. The lowest BCUT2D eigenvalue weighted by Gasteiger charge is -2.30. The van der Waals surface area contributed by atoms with Crippen LogP contribution in [-0.4, -0.2) is 22.5 Å². The highest BCUT2D eigenvalue weighted by Crippen LogP contribution is 2.33. The van der Waals surface area contributed by atoms with Gasteiger partial charge in [-0.15, -0.1) is 11.3 Å². The zero-order valence-electron chi connectivity index (χ0n) is 17.5. The van der Waals surface area contributed by atoms with Crippen molar-refractivity contribution in [3.05, 3.63) is 83.2 Å². The van der Waals surface area contributed by atoms with Gasteiger partial charge < -0.3 is 10.1 Å². The molecule has 2 aromatic carbocycles. The number of thiazole rings is 1. The first-order valence-corrected chi connectivity index (χ1v) is 11.1. The largest absolute Gasteiger partial charge is 0.375 e. The van der Waals surface area contributed by atoms with Gasteiger partial charge in [-0.25, -0.2) is 4.98 Å². The zero-order chi connectivity index (χ0) is 22.1. The maximum absolute atomic E-state index is 12.8. The third-order valence-electron chi connectivity index (χ3n) is 5.64. The Morgan fingerprint density at radius 1 is 1.25 bits per heavy atom. The second-order valence-corrected chi connectivity index (χ2v) is 9.05. The number of carbonyl (C=O) groups is 1. The van der Waals surface area contributed by atoms with Crippen molar-refractivity contribution in [1.82, 2.24) is 15.3 Å². The van der Waals surface area contributed by atoms with Crippen LogP contribution in [0.3, 0.4) is 0 Å². The molecule has 1 atom stereocenters. The third kappa shape index (κ3) is 3.75. The Morgan fingerprint density at radius 2 is 2.09 bits per heavy atom. The van der Waals surface area contributed by atoms with Crippen LogP contribution in [0.5, 0.6) is 0 Å². The van der Waals surface area contributed by atoms with Gasteiger partial charge >= 0.3 is 0 Å². The number of hydrogen-bond acceptors (Lipinski definition) is 6. The van der Waals surface area contributed by atoms with E-state index in [2.05, 4.69) is 16.4 Å². The average molecular weight is 441 g/mol. The van der Waals surface area contributed by atoms with E-state index in [1.54, 1.807) is 29.7 Å². The quantitative estimate of drug-likeness (QED) is 0.501. The molecule has 158 valence electrons. The molecule has 32 heavy (non-hydrogen) atoms. The van der Waals surface area contributed by atoms with E-state index in [0.29, 0.717) is 25.3 Å². The van der Waals surface area contributed by atoms with E-state index in [4.69, 9.17) is 9.72 Å². The molecule has 1 aliphatic rings. The van der Waals surface area contributed by atoms with Crippen molar-refractivity contribution < 1.29 is 9.53 Å². The number of fused-ring (bicyclic) bond motifs is 2. The summed E-state index contributed by atoms with van der Waals surface area (Å²) in [5, 5.41) is 13.5. The van der Waals surface area contributed by atoms with E-state index in [1.165, 1.54) is 0 Å². The fourth-order valence-corrected chi connectivity index (χ4v) is 4.76. The number of pyridine rings is 1. The molecule has 0 fully saturated rings. The van der Waals surface area contributed by atoms with Crippen molar-refractivity contribution in [3.8, 4) is 16.6 Å². The van der Waals surface area contributed by atoms with Crippen LogP contribution in [0.25, 0.3) is 20.8 Å². The van der Waals surface area contributed by atoms with Gasteiger partial charge in [-0.05, 0) is 36.2 Å². The average Bonchev–Trinajstić information content (AvgIpc) is 3.27. The summed E-state index contributed by atoms with van der Waals surface area (Å²) in [6, 6.07) is 19.7. The number of benzene rings is 2. The number of nitrogens with zero attached hydrogens (tertiary/aromatic N) is 3. The van der Waals surface area contributed by atoms with Gasteiger partial charge in [0.25, 0.3) is 5.91 Å². The molecule has 0 radical (unpaired) electrons. The van der Waals surface area contributed by atoms with E-state index in [-0.39, 0.29) is 5.91 Å². The van der Waals surface area contributed by atoms with Crippen LogP contribution in [0.4, 0.5) is 0 Å². The first-order chi connectivity index (χ1) is 15.6. The highest BCUT2D eigenvalue weighted by atomic mass is 32.1. The Hall–Kier alpha value is -3.60. The summed E-state index contributed by atoms with van der Waals surface area (Å²) >= 11 is 1.60. The van der Waals surface area contributed by atoms with Crippen LogP contribution in [0.1, 0.15) is 34.1 Å². The maximum Gasteiger partial charge on any atom is 0.251 e. The van der Waals surface area contributed by atoms with Crippen molar-refractivity contribution in [2.24, 2.45) is 0 Å². The van der Waals surface area contributed by atoms with Crippen LogP contribution < -0.4 is 5.32 Å². The Balaban J connectivity index is 1.33. The van der Waals surface area contributed by atoms with Gasteiger partial charge in [-0.3, -0.25) is 9.78 Å². The lowest BCUT2D eigenvalue weighted by Crippen LogP contribution is -2.33. The monoisotopic (exact) mass is 440 g/mol. The fourth-order valence-electron chi connectivity index (χ4n) is 3.84. The van der Waals surface area contributed by atoms with Crippen LogP contribution in [-0.2, 0) is 23.3 Å². The van der Waals surface area contributed by atoms with E-state index >= 15 is 0 Å². The molecule has 5 rings (SSSR count). The number of carbonyl (C=O) groups excluding carboxylic acids is 1. The summed E-state index contributed by atoms with van der Waals surface area (Å²) in [7, 11) is 0. The summed E-state index contributed by atoms with van der Waals surface area (Å²) in [5.41, 5.74) is 4.25. The molecule has 0 aliphatic carbocycles. The number of amides is 1. The molecule has 4 aromatic rings. The molecule has 2 aromatic heterocycles. The summed E-state index contributed by atoms with van der Waals surface area (Å²) in [6.07, 6.45) is 1.80. The smallest absolute Gasteiger partial charge is 0.251 e. The molecule has 1 N–H and O–H groups in total. The molecule has 0 unspecified atom stereocenters. The number of nitrogens with one attached hydrogen (secondary N) is 1. The highest BCUT2D eigenvalue weighted by Gasteiger charge is 2.33. The number of nitriles is 1. The summed E-state index contributed by atoms with van der Waals surface area (Å²) in [6.45, 7) is 2.91. The molecular weight excluding hydrogens is 420 g/mol. The van der Waals surface area contributed by atoms with Gasteiger partial charge in [0.05, 0.1) is 41.7 Å². The van der Waals surface area contributed by atoms with Crippen molar-refractivity contribution in [2.75, 3.05) is 6.61 Å².